The van der Waals surface area contributed by atoms with E-state index in [9.17, 15) is 0 Å². The quantitative estimate of drug-likeness (QED) is 0.893. The van der Waals surface area contributed by atoms with E-state index in [4.69, 9.17) is 15.2 Å². The van der Waals surface area contributed by atoms with Crippen LogP contribution in [0.2, 0.25) is 0 Å². The molecule has 1 aliphatic rings. The van der Waals surface area contributed by atoms with Gasteiger partial charge in [-0.3, -0.25) is 0 Å². The fourth-order valence-corrected chi connectivity index (χ4v) is 3.54. The van der Waals surface area contributed by atoms with Gasteiger partial charge < -0.3 is 15.2 Å². The van der Waals surface area contributed by atoms with Gasteiger partial charge in [-0.15, -0.1) is 0 Å². The maximum atomic E-state index is 6.62. The van der Waals surface area contributed by atoms with Crippen LogP contribution in [0.25, 0.3) is 0 Å². The van der Waals surface area contributed by atoms with Crippen LogP contribution < -0.4 is 10.5 Å². The lowest BCUT2D eigenvalue weighted by atomic mass is 9.73. The number of hydrogen-bond acceptors (Lipinski definition) is 3. The molecule has 3 nitrogen and oxygen atoms in total. The minimum absolute atomic E-state index is 0.138. The molecule has 0 aliphatic heterocycles. The summed E-state index contributed by atoms with van der Waals surface area (Å²) in [5.74, 6) is 1.52. The first-order valence-corrected chi connectivity index (χ1v) is 7.65. The van der Waals surface area contributed by atoms with Crippen LogP contribution in [-0.2, 0) is 4.74 Å². The SMILES string of the molecule is CCOC1(C(N)c2ccccc2OC)CCCC(C)C1. The molecule has 1 aromatic rings. The van der Waals surface area contributed by atoms with Gasteiger partial charge in [0.25, 0.3) is 0 Å². The van der Waals surface area contributed by atoms with Gasteiger partial charge in [0.1, 0.15) is 5.75 Å². The standard InChI is InChI=1S/C17H27NO2/c1-4-20-17(11-7-8-13(2)12-17)16(18)14-9-5-6-10-15(14)19-3/h5-6,9-10,13,16H,4,7-8,11-12,18H2,1-3H3. The third-order valence-electron chi connectivity index (χ3n) is 4.46. The van der Waals surface area contributed by atoms with E-state index in [1.807, 2.05) is 18.2 Å². The van der Waals surface area contributed by atoms with Gasteiger partial charge in [-0.1, -0.05) is 38.0 Å². The van der Waals surface area contributed by atoms with E-state index in [1.54, 1.807) is 7.11 Å². The monoisotopic (exact) mass is 277 g/mol. The van der Waals surface area contributed by atoms with Crippen LogP contribution in [0.15, 0.2) is 24.3 Å². The molecule has 2 N–H and O–H groups in total. The molecular formula is C17H27NO2. The van der Waals surface area contributed by atoms with Gasteiger partial charge in [-0.25, -0.2) is 0 Å². The molecule has 0 amide bonds. The zero-order valence-corrected chi connectivity index (χ0v) is 12.9. The number of methoxy groups -OCH3 is 1. The zero-order chi connectivity index (χ0) is 14.6. The van der Waals surface area contributed by atoms with Crippen LogP contribution in [0.5, 0.6) is 5.75 Å². The van der Waals surface area contributed by atoms with Crippen molar-refractivity contribution < 1.29 is 9.47 Å². The van der Waals surface area contributed by atoms with Crippen molar-refractivity contribution in [2.45, 2.75) is 51.2 Å². The Morgan fingerprint density at radius 1 is 1.40 bits per heavy atom. The van der Waals surface area contributed by atoms with E-state index in [0.717, 1.165) is 24.2 Å². The van der Waals surface area contributed by atoms with E-state index in [0.29, 0.717) is 12.5 Å². The van der Waals surface area contributed by atoms with Gasteiger partial charge in [-0.2, -0.15) is 0 Å². The van der Waals surface area contributed by atoms with Gasteiger partial charge >= 0.3 is 0 Å². The molecule has 0 bridgehead atoms. The van der Waals surface area contributed by atoms with Crippen molar-refractivity contribution in [3.8, 4) is 5.75 Å². The molecule has 20 heavy (non-hydrogen) atoms. The molecule has 3 heteroatoms. The number of ether oxygens (including phenoxy) is 2. The molecule has 0 saturated heterocycles. The molecule has 0 aromatic heterocycles. The molecule has 0 spiro atoms. The van der Waals surface area contributed by atoms with Gasteiger partial charge in [0, 0.05) is 12.2 Å². The smallest absolute Gasteiger partial charge is 0.123 e. The molecule has 112 valence electrons. The third kappa shape index (κ3) is 2.99. The van der Waals surface area contributed by atoms with Crippen LogP contribution in [0.1, 0.15) is 51.1 Å². The summed E-state index contributed by atoms with van der Waals surface area (Å²) in [6.07, 6.45) is 4.52. The number of benzene rings is 1. The maximum absolute atomic E-state index is 6.62. The second-order valence-corrected chi connectivity index (χ2v) is 5.92. The van der Waals surface area contributed by atoms with Crippen LogP contribution >= 0.6 is 0 Å². The highest BCUT2D eigenvalue weighted by molar-refractivity contribution is 5.37. The number of nitrogens with two attached hydrogens (primary N) is 1. The fraction of sp³-hybridized carbons (Fsp3) is 0.647. The largest absolute Gasteiger partial charge is 0.496 e. The minimum Gasteiger partial charge on any atom is -0.496 e. The first-order valence-electron chi connectivity index (χ1n) is 7.65. The Labute approximate surface area is 122 Å². The van der Waals surface area contributed by atoms with Gasteiger partial charge in [0.05, 0.1) is 18.8 Å². The summed E-state index contributed by atoms with van der Waals surface area (Å²) in [5.41, 5.74) is 7.43. The van der Waals surface area contributed by atoms with Crippen molar-refractivity contribution in [1.82, 2.24) is 0 Å². The first kappa shape index (κ1) is 15.3. The number of hydrogen-bond donors (Lipinski definition) is 1. The predicted molar refractivity (Wildman–Crippen MR) is 81.9 cm³/mol. The van der Waals surface area contributed by atoms with Gasteiger partial charge in [-0.05, 0) is 31.7 Å². The molecule has 3 atom stereocenters. The normalized spacial score (nSPS) is 28.1. The van der Waals surface area contributed by atoms with Crippen LogP contribution in [0.4, 0.5) is 0 Å². The van der Waals surface area contributed by atoms with Crippen molar-refractivity contribution in [2.24, 2.45) is 11.7 Å². The zero-order valence-electron chi connectivity index (χ0n) is 12.9. The Kier molecular flexibility index (Phi) is 5.06. The Morgan fingerprint density at radius 2 is 2.15 bits per heavy atom. The third-order valence-corrected chi connectivity index (χ3v) is 4.46. The topological polar surface area (TPSA) is 44.5 Å². The van der Waals surface area contributed by atoms with E-state index < -0.39 is 0 Å². The highest BCUT2D eigenvalue weighted by Crippen LogP contribution is 2.44. The lowest BCUT2D eigenvalue weighted by Gasteiger charge is -2.44. The second kappa shape index (κ2) is 6.59. The lowest BCUT2D eigenvalue weighted by molar-refractivity contribution is -0.0941. The average Bonchev–Trinajstić information content (AvgIpc) is 2.46. The molecule has 0 radical (unpaired) electrons. The van der Waals surface area contributed by atoms with E-state index in [1.165, 1.54) is 12.8 Å². The van der Waals surface area contributed by atoms with Crippen molar-refractivity contribution in [1.29, 1.82) is 0 Å². The van der Waals surface area contributed by atoms with Crippen molar-refractivity contribution in [3.05, 3.63) is 29.8 Å². The van der Waals surface area contributed by atoms with Gasteiger partial charge in [0.15, 0.2) is 0 Å². The Bertz CT molecular complexity index is 431. The van der Waals surface area contributed by atoms with E-state index in [2.05, 4.69) is 19.9 Å². The summed E-state index contributed by atoms with van der Waals surface area (Å²) in [7, 11) is 1.70. The van der Waals surface area contributed by atoms with E-state index >= 15 is 0 Å². The summed E-state index contributed by atoms with van der Waals surface area (Å²) in [5, 5.41) is 0. The molecule has 1 saturated carbocycles. The van der Waals surface area contributed by atoms with Crippen molar-refractivity contribution in [3.63, 3.8) is 0 Å². The summed E-state index contributed by atoms with van der Waals surface area (Å²) < 4.78 is 11.6. The second-order valence-electron chi connectivity index (χ2n) is 5.92. The molecule has 1 fully saturated rings. The maximum Gasteiger partial charge on any atom is 0.123 e. The van der Waals surface area contributed by atoms with Crippen molar-refractivity contribution in [2.75, 3.05) is 13.7 Å². The molecule has 3 unspecified atom stereocenters. The average molecular weight is 277 g/mol. The minimum atomic E-state index is -0.249. The van der Waals surface area contributed by atoms with E-state index in [-0.39, 0.29) is 11.6 Å². The molecule has 1 aliphatic carbocycles. The number of para-hydroxylation sites is 1. The van der Waals surface area contributed by atoms with Crippen LogP contribution in [0, 0.1) is 5.92 Å². The van der Waals surface area contributed by atoms with Gasteiger partial charge in [0.2, 0.25) is 0 Å². The Morgan fingerprint density at radius 3 is 2.80 bits per heavy atom. The summed E-state index contributed by atoms with van der Waals surface area (Å²) in [6.45, 7) is 5.05. The molecule has 0 heterocycles. The summed E-state index contributed by atoms with van der Waals surface area (Å²) in [6, 6.07) is 7.89. The highest BCUT2D eigenvalue weighted by atomic mass is 16.5. The number of rotatable bonds is 5. The highest BCUT2D eigenvalue weighted by Gasteiger charge is 2.42. The summed E-state index contributed by atoms with van der Waals surface area (Å²) in [4.78, 5) is 0. The summed E-state index contributed by atoms with van der Waals surface area (Å²) >= 11 is 0. The van der Waals surface area contributed by atoms with Crippen molar-refractivity contribution >= 4 is 0 Å². The Balaban J connectivity index is 2.33. The van der Waals surface area contributed by atoms with Crippen LogP contribution in [-0.4, -0.2) is 19.3 Å². The fourth-order valence-electron chi connectivity index (χ4n) is 3.54. The molecular weight excluding hydrogens is 250 g/mol. The molecule has 1 aromatic carbocycles. The first-order chi connectivity index (χ1) is 9.63. The predicted octanol–water partition coefficient (Wildman–Crippen LogP) is 3.68. The molecule has 2 rings (SSSR count). The lowest BCUT2D eigenvalue weighted by Crippen LogP contribution is -2.47. The van der Waals surface area contributed by atoms with Crippen LogP contribution in [0.3, 0.4) is 0 Å². The Hall–Kier alpha value is -1.06.